The van der Waals surface area contributed by atoms with Crippen LogP contribution in [0.3, 0.4) is 0 Å². The van der Waals surface area contributed by atoms with Crippen LogP contribution in [0.1, 0.15) is 44.2 Å². The van der Waals surface area contributed by atoms with Crippen LogP contribution in [0.25, 0.3) is 9.88 Å². The zero-order chi connectivity index (χ0) is 19.7. The van der Waals surface area contributed by atoms with Crippen LogP contribution in [0.4, 0.5) is 0 Å². The van der Waals surface area contributed by atoms with Gasteiger partial charge in [-0.05, 0) is 37.8 Å². The Morgan fingerprint density at radius 3 is 2.54 bits per heavy atom. The van der Waals surface area contributed by atoms with E-state index < -0.39 is 0 Å². The lowest BCUT2D eigenvalue weighted by Gasteiger charge is -2.33. The van der Waals surface area contributed by atoms with Gasteiger partial charge >= 0.3 is 0 Å². The summed E-state index contributed by atoms with van der Waals surface area (Å²) in [5, 5.41) is 5.85. The van der Waals surface area contributed by atoms with Crippen LogP contribution in [0, 0.1) is 0 Å². The number of amides is 3. The van der Waals surface area contributed by atoms with Gasteiger partial charge in [-0.2, -0.15) is 0 Å². The summed E-state index contributed by atoms with van der Waals surface area (Å²) in [6, 6.07) is 3.86. The predicted molar refractivity (Wildman–Crippen MR) is 109 cm³/mol. The Morgan fingerprint density at radius 1 is 1.18 bits per heavy atom. The van der Waals surface area contributed by atoms with Crippen molar-refractivity contribution in [1.82, 2.24) is 15.2 Å². The standard InChI is InChI=1S/C19H20ClN3O3S2/c20-15-6-5-14(28-15)19-22-12(10-27-19)9-16(24)21-11-1-3-13(4-2-11)23-17(25)7-8-18(23)26/h5-6,10-11,13H,1-4,7-9H2,(H,21,24). The summed E-state index contributed by atoms with van der Waals surface area (Å²) in [7, 11) is 0. The monoisotopic (exact) mass is 437 g/mol. The van der Waals surface area contributed by atoms with E-state index in [1.54, 1.807) is 0 Å². The molecule has 0 spiro atoms. The molecule has 2 fully saturated rings. The minimum absolute atomic E-state index is 0.00521. The highest BCUT2D eigenvalue weighted by Crippen LogP contribution is 2.33. The van der Waals surface area contributed by atoms with Crippen molar-refractivity contribution in [3.8, 4) is 9.88 Å². The van der Waals surface area contributed by atoms with Gasteiger partial charge in [-0.3, -0.25) is 19.3 Å². The number of carbonyl (C=O) groups is 3. The lowest BCUT2D eigenvalue weighted by atomic mass is 9.90. The van der Waals surface area contributed by atoms with Crippen LogP contribution >= 0.6 is 34.3 Å². The van der Waals surface area contributed by atoms with Crippen molar-refractivity contribution in [3.63, 3.8) is 0 Å². The van der Waals surface area contributed by atoms with Crippen molar-refractivity contribution in [3.05, 3.63) is 27.5 Å². The summed E-state index contributed by atoms with van der Waals surface area (Å²) in [4.78, 5) is 43.1. The Morgan fingerprint density at radius 2 is 1.89 bits per heavy atom. The second-order valence-corrected chi connectivity index (χ2v) is 9.73. The van der Waals surface area contributed by atoms with E-state index in [1.165, 1.54) is 27.6 Å². The van der Waals surface area contributed by atoms with E-state index in [-0.39, 0.29) is 36.2 Å². The maximum atomic E-state index is 12.4. The van der Waals surface area contributed by atoms with Gasteiger partial charge in [-0.15, -0.1) is 22.7 Å². The molecule has 0 bridgehead atoms. The molecule has 9 heteroatoms. The molecular weight excluding hydrogens is 418 g/mol. The third kappa shape index (κ3) is 4.29. The van der Waals surface area contributed by atoms with Gasteiger partial charge in [0.05, 0.1) is 21.3 Å². The van der Waals surface area contributed by atoms with Crippen LogP contribution in [0.5, 0.6) is 0 Å². The molecule has 0 atom stereocenters. The Labute approximate surface area is 175 Å². The van der Waals surface area contributed by atoms with Crippen molar-refractivity contribution in [2.24, 2.45) is 0 Å². The molecule has 2 aromatic heterocycles. The zero-order valence-electron chi connectivity index (χ0n) is 15.2. The zero-order valence-corrected chi connectivity index (χ0v) is 17.5. The van der Waals surface area contributed by atoms with Gasteiger partial charge in [0.1, 0.15) is 5.01 Å². The number of nitrogens with zero attached hydrogens (tertiary/aromatic N) is 2. The van der Waals surface area contributed by atoms with Gasteiger partial charge in [0.15, 0.2) is 0 Å². The van der Waals surface area contributed by atoms with Crippen LogP contribution < -0.4 is 5.32 Å². The number of carbonyl (C=O) groups excluding carboxylic acids is 3. The number of hydrogen-bond acceptors (Lipinski definition) is 6. The van der Waals surface area contributed by atoms with Crippen molar-refractivity contribution in [1.29, 1.82) is 0 Å². The fourth-order valence-corrected chi connectivity index (χ4v) is 5.79. The van der Waals surface area contributed by atoms with E-state index in [1.807, 2.05) is 17.5 Å². The fourth-order valence-electron chi connectivity index (χ4n) is 3.85. The van der Waals surface area contributed by atoms with Gasteiger partial charge < -0.3 is 5.32 Å². The lowest BCUT2D eigenvalue weighted by molar-refractivity contribution is -0.142. The number of hydrogen-bond donors (Lipinski definition) is 1. The van der Waals surface area contributed by atoms with E-state index in [0.717, 1.165) is 45.6 Å². The van der Waals surface area contributed by atoms with Crippen LogP contribution in [-0.4, -0.2) is 39.7 Å². The van der Waals surface area contributed by atoms with E-state index in [4.69, 9.17) is 11.6 Å². The number of rotatable bonds is 5. The summed E-state index contributed by atoms with van der Waals surface area (Å²) in [6.45, 7) is 0. The molecule has 6 nitrogen and oxygen atoms in total. The first-order chi connectivity index (χ1) is 13.5. The molecule has 1 aliphatic heterocycles. The topological polar surface area (TPSA) is 79.4 Å². The molecule has 0 radical (unpaired) electrons. The maximum Gasteiger partial charge on any atom is 0.229 e. The van der Waals surface area contributed by atoms with Gasteiger partial charge in [0.2, 0.25) is 17.7 Å². The van der Waals surface area contributed by atoms with Gasteiger partial charge in [0, 0.05) is 30.3 Å². The van der Waals surface area contributed by atoms with Crippen molar-refractivity contribution in [2.75, 3.05) is 0 Å². The first-order valence-electron chi connectivity index (χ1n) is 9.34. The van der Waals surface area contributed by atoms with E-state index in [9.17, 15) is 14.4 Å². The number of aromatic nitrogens is 1. The molecule has 1 saturated heterocycles. The predicted octanol–water partition coefficient (Wildman–Crippen LogP) is 3.64. The highest BCUT2D eigenvalue weighted by atomic mass is 35.5. The smallest absolute Gasteiger partial charge is 0.229 e. The molecule has 28 heavy (non-hydrogen) atoms. The number of thiazole rings is 1. The van der Waals surface area contributed by atoms with Crippen molar-refractivity contribution >= 4 is 52.0 Å². The quantitative estimate of drug-likeness (QED) is 0.724. The maximum absolute atomic E-state index is 12.4. The third-order valence-electron chi connectivity index (χ3n) is 5.19. The van der Waals surface area contributed by atoms with E-state index in [2.05, 4.69) is 10.3 Å². The number of halogens is 1. The third-order valence-corrected chi connectivity index (χ3v) is 7.49. The van der Waals surface area contributed by atoms with Crippen molar-refractivity contribution < 1.29 is 14.4 Å². The van der Waals surface area contributed by atoms with E-state index >= 15 is 0 Å². The normalized spacial score (nSPS) is 22.7. The molecule has 1 N–H and O–H groups in total. The molecule has 0 unspecified atom stereocenters. The number of nitrogens with one attached hydrogen (secondary N) is 1. The SMILES string of the molecule is O=C(Cc1csc(-c2ccc(Cl)s2)n1)NC1CCC(N2C(=O)CCC2=O)CC1. The van der Waals surface area contributed by atoms with Gasteiger partial charge in [0.25, 0.3) is 0 Å². The average molecular weight is 438 g/mol. The Balaban J connectivity index is 1.27. The molecule has 1 aliphatic carbocycles. The highest BCUT2D eigenvalue weighted by molar-refractivity contribution is 7.23. The first-order valence-corrected chi connectivity index (χ1v) is 11.4. The number of likely N-dealkylation sites (tertiary alicyclic amines) is 1. The lowest BCUT2D eigenvalue weighted by Crippen LogP contribution is -2.46. The highest BCUT2D eigenvalue weighted by Gasteiger charge is 2.37. The molecule has 148 valence electrons. The molecule has 4 rings (SSSR count). The summed E-state index contributed by atoms with van der Waals surface area (Å²) in [6.07, 6.45) is 3.99. The molecular formula is C19H20ClN3O3S2. The fraction of sp³-hybridized carbons (Fsp3) is 0.474. The van der Waals surface area contributed by atoms with Crippen LogP contribution in [0.2, 0.25) is 4.34 Å². The van der Waals surface area contributed by atoms with Crippen LogP contribution in [-0.2, 0) is 20.8 Å². The Hall–Kier alpha value is -1.77. The summed E-state index contributed by atoms with van der Waals surface area (Å²) in [5.74, 6) is -0.148. The minimum Gasteiger partial charge on any atom is -0.353 e. The van der Waals surface area contributed by atoms with Crippen molar-refractivity contribution in [2.45, 2.75) is 57.0 Å². The van der Waals surface area contributed by atoms with Gasteiger partial charge in [-0.1, -0.05) is 11.6 Å². The summed E-state index contributed by atoms with van der Waals surface area (Å²) < 4.78 is 0.720. The molecule has 0 aromatic carbocycles. The Kier molecular flexibility index (Phi) is 5.80. The van der Waals surface area contributed by atoms with E-state index in [0.29, 0.717) is 12.8 Å². The largest absolute Gasteiger partial charge is 0.353 e. The van der Waals surface area contributed by atoms with Crippen LogP contribution in [0.15, 0.2) is 17.5 Å². The molecule has 1 saturated carbocycles. The second kappa shape index (κ2) is 8.31. The first kappa shape index (κ1) is 19.5. The summed E-state index contributed by atoms with van der Waals surface area (Å²) in [5.41, 5.74) is 0.754. The Bertz CT molecular complexity index is 886. The number of imide groups is 1. The average Bonchev–Trinajstić information content (AvgIpc) is 3.37. The number of thiophene rings is 1. The second-order valence-electron chi connectivity index (χ2n) is 7.15. The summed E-state index contributed by atoms with van der Waals surface area (Å²) >= 11 is 8.95. The minimum atomic E-state index is -0.0520. The van der Waals surface area contributed by atoms with Gasteiger partial charge in [-0.25, -0.2) is 4.98 Å². The molecule has 2 aliphatic rings. The molecule has 3 heterocycles. The molecule has 3 amide bonds. The molecule has 2 aromatic rings.